The van der Waals surface area contributed by atoms with E-state index >= 15 is 0 Å². The number of methoxy groups -OCH3 is 1. The number of hydrogen-bond donors (Lipinski definition) is 0. The number of rotatable bonds is 6. The summed E-state index contributed by atoms with van der Waals surface area (Å²) in [6, 6.07) is 7.99. The highest BCUT2D eigenvalue weighted by Gasteiger charge is 2.26. The molecule has 5 nitrogen and oxygen atoms in total. The number of aromatic nitrogens is 2. The van der Waals surface area contributed by atoms with Crippen molar-refractivity contribution in [3.8, 4) is 0 Å². The van der Waals surface area contributed by atoms with Gasteiger partial charge in [0.1, 0.15) is 0 Å². The summed E-state index contributed by atoms with van der Waals surface area (Å²) in [6.07, 6.45) is 4.73. The monoisotopic (exact) mass is 396 g/mol. The molecule has 0 radical (unpaired) electrons. The first kappa shape index (κ1) is 18.9. The number of hydrogen-bond acceptors (Lipinski definition) is 5. The highest BCUT2D eigenvalue weighted by Crippen LogP contribution is 2.40. The fourth-order valence-corrected chi connectivity index (χ4v) is 4.49. The Morgan fingerprint density at radius 1 is 1.32 bits per heavy atom. The summed E-state index contributed by atoms with van der Waals surface area (Å²) >= 11 is 1.27. The van der Waals surface area contributed by atoms with Gasteiger partial charge in [0.05, 0.1) is 28.6 Å². The molecule has 0 atom stereocenters. The summed E-state index contributed by atoms with van der Waals surface area (Å²) in [4.78, 5) is 29.3. The van der Waals surface area contributed by atoms with Crippen molar-refractivity contribution in [2.75, 3.05) is 7.11 Å². The second-order valence-electron chi connectivity index (χ2n) is 7.88. The van der Waals surface area contributed by atoms with Crippen LogP contribution in [0.4, 0.5) is 0 Å². The number of fused-ring (bicyclic) bond motifs is 1. The van der Waals surface area contributed by atoms with Gasteiger partial charge in [0.2, 0.25) is 0 Å². The van der Waals surface area contributed by atoms with Crippen molar-refractivity contribution in [2.24, 2.45) is 5.92 Å². The van der Waals surface area contributed by atoms with E-state index in [9.17, 15) is 9.59 Å². The van der Waals surface area contributed by atoms with Gasteiger partial charge in [-0.3, -0.25) is 14.3 Å². The van der Waals surface area contributed by atoms with Gasteiger partial charge in [-0.05, 0) is 54.0 Å². The maximum atomic E-state index is 12.3. The van der Waals surface area contributed by atoms with Crippen LogP contribution in [-0.2, 0) is 17.7 Å². The van der Waals surface area contributed by atoms with Crippen molar-refractivity contribution in [3.05, 3.63) is 62.5 Å². The van der Waals surface area contributed by atoms with Crippen LogP contribution in [0, 0.1) is 5.92 Å². The van der Waals surface area contributed by atoms with Crippen molar-refractivity contribution in [2.45, 2.75) is 45.6 Å². The molecule has 146 valence electrons. The second kappa shape index (κ2) is 7.51. The summed E-state index contributed by atoms with van der Waals surface area (Å²) in [5.41, 5.74) is 4.37. The molecule has 0 N–H and O–H groups in total. The standard InChI is InChI=1S/C22H24N2O3S/c1-13(2)12-24-19-7-4-14(9-20(19)28-22(24)26)8-18-17(21(25)27-3)10-16(11-23-18)15-5-6-15/h4,7,9-11,13,15H,5-6,8,12H2,1-3H3. The quantitative estimate of drug-likeness (QED) is 0.581. The van der Waals surface area contributed by atoms with Crippen LogP contribution in [0.25, 0.3) is 10.2 Å². The van der Waals surface area contributed by atoms with Gasteiger partial charge in [-0.25, -0.2) is 4.79 Å². The van der Waals surface area contributed by atoms with Gasteiger partial charge in [-0.1, -0.05) is 31.3 Å². The first-order valence-corrected chi connectivity index (χ1v) is 10.5. The molecule has 3 aromatic rings. The molecule has 1 aromatic carbocycles. The average molecular weight is 397 g/mol. The van der Waals surface area contributed by atoms with E-state index in [2.05, 4.69) is 18.8 Å². The smallest absolute Gasteiger partial charge is 0.339 e. The molecule has 1 aliphatic rings. The number of carbonyl (C=O) groups excluding carboxylic acids is 1. The fourth-order valence-electron chi connectivity index (χ4n) is 3.53. The summed E-state index contributed by atoms with van der Waals surface area (Å²) in [7, 11) is 1.40. The molecular weight excluding hydrogens is 372 g/mol. The Morgan fingerprint density at radius 2 is 2.11 bits per heavy atom. The van der Waals surface area contributed by atoms with E-state index < -0.39 is 0 Å². The lowest BCUT2D eigenvalue weighted by Crippen LogP contribution is -2.16. The molecule has 1 saturated carbocycles. The number of benzene rings is 1. The molecule has 0 bridgehead atoms. The number of ether oxygens (including phenoxy) is 1. The summed E-state index contributed by atoms with van der Waals surface area (Å²) < 4.78 is 7.79. The zero-order valence-electron chi connectivity index (χ0n) is 16.4. The van der Waals surface area contributed by atoms with Crippen molar-refractivity contribution in [1.82, 2.24) is 9.55 Å². The van der Waals surface area contributed by atoms with Gasteiger partial charge >= 0.3 is 10.8 Å². The molecule has 1 aliphatic carbocycles. The van der Waals surface area contributed by atoms with E-state index in [1.165, 1.54) is 18.4 Å². The maximum absolute atomic E-state index is 12.3. The maximum Gasteiger partial charge on any atom is 0.339 e. The zero-order valence-corrected chi connectivity index (χ0v) is 17.2. The SMILES string of the molecule is COC(=O)c1cc(C2CC2)cnc1Cc1ccc2c(c1)sc(=O)n2CC(C)C. The minimum Gasteiger partial charge on any atom is -0.465 e. The highest BCUT2D eigenvalue weighted by atomic mass is 32.1. The van der Waals surface area contributed by atoms with E-state index in [1.807, 2.05) is 35.0 Å². The topological polar surface area (TPSA) is 61.2 Å². The number of nitrogens with zero attached hydrogens (tertiary/aromatic N) is 2. The fraction of sp³-hybridized carbons (Fsp3) is 0.409. The van der Waals surface area contributed by atoms with Crippen molar-refractivity contribution in [3.63, 3.8) is 0 Å². The Labute approximate surface area is 168 Å². The van der Waals surface area contributed by atoms with E-state index in [0.717, 1.165) is 40.7 Å². The van der Waals surface area contributed by atoms with Crippen LogP contribution in [0.1, 0.15) is 59.8 Å². The minimum absolute atomic E-state index is 0.0722. The predicted molar refractivity (Wildman–Crippen MR) is 111 cm³/mol. The van der Waals surface area contributed by atoms with Gasteiger partial charge in [-0.15, -0.1) is 0 Å². The minimum atomic E-state index is -0.348. The molecule has 2 heterocycles. The highest BCUT2D eigenvalue weighted by molar-refractivity contribution is 7.16. The number of esters is 1. The summed E-state index contributed by atoms with van der Waals surface area (Å²) in [5, 5.41) is 0. The van der Waals surface area contributed by atoms with Crippen LogP contribution >= 0.6 is 11.3 Å². The summed E-state index contributed by atoms with van der Waals surface area (Å²) in [6.45, 7) is 4.93. The predicted octanol–water partition coefficient (Wildman–Crippen LogP) is 4.37. The molecule has 4 rings (SSSR count). The Hall–Kier alpha value is -2.47. The van der Waals surface area contributed by atoms with Crippen LogP contribution in [-0.4, -0.2) is 22.6 Å². The molecule has 2 aromatic heterocycles. The molecule has 0 amide bonds. The summed E-state index contributed by atoms with van der Waals surface area (Å²) in [5.74, 6) is 0.588. The molecule has 28 heavy (non-hydrogen) atoms. The van der Waals surface area contributed by atoms with Gasteiger partial charge in [0.15, 0.2) is 0 Å². The third-order valence-corrected chi connectivity index (χ3v) is 6.04. The zero-order chi connectivity index (χ0) is 19.8. The van der Waals surface area contributed by atoms with Crippen LogP contribution < -0.4 is 4.87 Å². The second-order valence-corrected chi connectivity index (χ2v) is 8.87. The van der Waals surface area contributed by atoms with Crippen molar-refractivity contribution in [1.29, 1.82) is 0 Å². The molecular formula is C22H24N2O3S. The normalized spacial score (nSPS) is 14.0. The lowest BCUT2D eigenvalue weighted by Gasteiger charge is -2.10. The molecule has 0 spiro atoms. The van der Waals surface area contributed by atoms with Crippen molar-refractivity contribution >= 4 is 27.5 Å². The van der Waals surface area contributed by atoms with Gasteiger partial charge in [0, 0.05) is 19.2 Å². The first-order chi connectivity index (χ1) is 13.5. The van der Waals surface area contributed by atoms with Crippen molar-refractivity contribution < 1.29 is 9.53 Å². The lowest BCUT2D eigenvalue weighted by atomic mass is 10.0. The van der Waals surface area contributed by atoms with E-state index in [-0.39, 0.29) is 10.8 Å². The van der Waals surface area contributed by atoms with Gasteiger partial charge < -0.3 is 4.74 Å². The third kappa shape index (κ3) is 3.74. The molecule has 0 saturated heterocycles. The Balaban J connectivity index is 1.68. The number of thiazole rings is 1. The molecule has 0 unspecified atom stereocenters. The Morgan fingerprint density at radius 3 is 2.79 bits per heavy atom. The third-order valence-electron chi connectivity index (χ3n) is 5.10. The Bertz CT molecular complexity index is 1090. The van der Waals surface area contributed by atoms with Gasteiger partial charge in [-0.2, -0.15) is 0 Å². The Kier molecular flexibility index (Phi) is 5.06. The molecule has 0 aliphatic heterocycles. The van der Waals surface area contributed by atoms with E-state index in [4.69, 9.17) is 4.74 Å². The molecule has 6 heteroatoms. The number of carbonyl (C=O) groups is 1. The first-order valence-electron chi connectivity index (χ1n) is 9.65. The van der Waals surface area contributed by atoms with E-state index in [1.54, 1.807) is 0 Å². The van der Waals surface area contributed by atoms with Gasteiger partial charge in [0.25, 0.3) is 0 Å². The average Bonchev–Trinajstić information content (AvgIpc) is 3.47. The van der Waals surface area contributed by atoms with Crippen LogP contribution in [0.3, 0.4) is 0 Å². The lowest BCUT2D eigenvalue weighted by molar-refractivity contribution is 0.0599. The molecule has 1 fully saturated rings. The van der Waals surface area contributed by atoms with Crippen LogP contribution in [0.15, 0.2) is 35.3 Å². The number of pyridine rings is 1. The van der Waals surface area contributed by atoms with E-state index in [0.29, 0.717) is 29.5 Å². The van der Waals surface area contributed by atoms with Crippen LogP contribution in [0.5, 0.6) is 0 Å². The largest absolute Gasteiger partial charge is 0.465 e. The van der Waals surface area contributed by atoms with Crippen LogP contribution in [0.2, 0.25) is 0 Å².